The van der Waals surface area contributed by atoms with Gasteiger partial charge in [-0.05, 0) is 6.92 Å². The van der Waals surface area contributed by atoms with E-state index in [-0.39, 0.29) is 18.4 Å². The van der Waals surface area contributed by atoms with Crippen molar-refractivity contribution < 1.29 is 9.21 Å². The molecule has 0 saturated carbocycles. The highest BCUT2D eigenvalue weighted by Crippen LogP contribution is 2.16. The average molecular weight is 289 g/mol. The van der Waals surface area contributed by atoms with Crippen LogP contribution in [0.25, 0.3) is 0 Å². The number of aromatic nitrogens is 3. The fourth-order valence-corrected chi connectivity index (χ4v) is 1.75. The minimum Gasteiger partial charge on any atom is -0.444 e. The summed E-state index contributed by atoms with van der Waals surface area (Å²) in [7, 11) is 1.72. The topological polar surface area (TPSA) is 92.9 Å². The van der Waals surface area contributed by atoms with Crippen LogP contribution in [0.1, 0.15) is 47.7 Å². The molecule has 0 atom stereocenters. The number of carbonyl (C=O) groups is 1. The predicted octanol–water partition coefficient (Wildman–Crippen LogP) is 1.87. The van der Waals surface area contributed by atoms with E-state index in [1.807, 2.05) is 13.8 Å². The van der Waals surface area contributed by atoms with E-state index in [1.165, 1.54) is 0 Å². The Bertz CT molecular complexity index is 636. The summed E-state index contributed by atoms with van der Waals surface area (Å²) >= 11 is 0. The zero-order valence-corrected chi connectivity index (χ0v) is 12.6. The second kappa shape index (κ2) is 6.34. The van der Waals surface area contributed by atoms with Gasteiger partial charge in [-0.3, -0.25) is 4.79 Å². The van der Waals surface area contributed by atoms with Crippen molar-refractivity contribution in [3.8, 4) is 0 Å². The van der Waals surface area contributed by atoms with E-state index >= 15 is 0 Å². The molecule has 7 heteroatoms. The first-order valence-electron chi connectivity index (χ1n) is 6.75. The Morgan fingerprint density at radius 1 is 1.33 bits per heavy atom. The predicted molar refractivity (Wildman–Crippen MR) is 78.1 cm³/mol. The largest absolute Gasteiger partial charge is 0.444 e. The van der Waals surface area contributed by atoms with E-state index in [4.69, 9.17) is 4.42 Å². The van der Waals surface area contributed by atoms with Gasteiger partial charge < -0.3 is 15.1 Å². The maximum Gasteiger partial charge on any atom is 0.272 e. The Balaban J connectivity index is 2.15. The SMILES string of the molecule is CNc1cnc(C(C)C)nc1C(=O)NCc1ncc(C)o1. The molecule has 0 aromatic carbocycles. The number of rotatable bonds is 5. The van der Waals surface area contributed by atoms with Gasteiger partial charge in [0.15, 0.2) is 5.69 Å². The summed E-state index contributed by atoms with van der Waals surface area (Å²) in [6, 6.07) is 0. The molecule has 0 aliphatic heterocycles. The Labute approximate surface area is 123 Å². The van der Waals surface area contributed by atoms with Crippen LogP contribution in [0.2, 0.25) is 0 Å². The van der Waals surface area contributed by atoms with E-state index in [2.05, 4.69) is 25.6 Å². The molecule has 7 nitrogen and oxygen atoms in total. The third-order valence-electron chi connectivity index (χ3n) is 2.88. The number of hydrogen-bond donors (Lipinski definition) is 2. The third-order valence-corrected chi connectivity index (χ3v) is 2.88. The van der Waals surface area contributed by atoms with Crippen molar-refractivity contribution in [2.24, 2.45) is 0 Å². The first-order chi connectivity index (χ1) is 10.0. The molecule has 0 unspecified atom stereocenters. The summed E-state index contributed by atoms with van der Waals surface area (Å²) in [6.07, 6.45) is 3.23. The lowest BCUT2D eigenvalue weighted by Crippen LogP contribution is -2.25. The highest BCUT2D eigenvalue weighted by atomic mass is 16.4. The van der Waals surface area contributed by atoms with Crippen molar-refractivity contribution in [1.29, 1.82) is 0 Å². The lowest BCUT2D eigenvalue weighted by Gasteiger charge is -2.11. The lowest BCUT2D eigenvalue weighted by atomic mass is 10.2. The normalized spacial score (nSPS) is 10.7. The number of hydrogen-bond acceptors (Lipinski definition) is 6. The molecule has 2 aromatic rings. The van der Waals surface area contributed by atoms with Crippen LogP contribution in [0.5, 0.6) is 0 Å². The van der Waals surface area contributed by atoms with Crippen LogP contribution in [-0.2, 0) is 6.54 Å². The molecule has 2 N–H and O–H groups in total. The summed E-state index contributed by atoms with van der Waals surface area (Å²) in [4.78, 5) is 24.9. The first kappa shape index (κ1) is 15.0. The van der Waals surface area contributed by atoms with Crippen LogP contribution in [0.15, 0.2) is 16.8 Å². The van der Waals surface area contributed by atoms with E-state index in [0.717, 1.165) is 0 Å². The number of carbonyl (C=O) groups excluding carboxylic acids is 1. The first-order valence-corrected chi connectivity index (χ1v) is 6.75. The maximum atomic E-state index is 12.3. The zero-order chi connectivity index (χ0) is 15.4. The number of aryl methyl sites for hydroxylation is 1. The minimum atomic E-state index is -0.292. The van der Waals surface area contributed by atoms with Crippen LogP contribution in [0.3, 0.4) is 0 Å². The molecular formula is C14H19N5O2. The second-order valence-electron chi connectivity index (χ2n) is 4.94. The summed E-state index contributed by atoms with van der Waals surface area (Å²) in [5, 5.41) is 5.66. The van der Waals surface area contributed by atoms with E-state index in [0.29, 0.717) is 28.9 Å². The van der Waals surface area contributed by atoms with Gasteiger partial charge in [0.1, 0.15) is 11.6 Å². The van der Waals surface area contributed by atoms with Crippen LogP contribution in [0, 0.1) is 6.92 Å². The molecule has 0 saturated heterocycles. The maximum absolute atomic E-state index is 12.3. The molecule has 21 heavy (non-hydrogen) atoms. The van der Waals surface area contributed by atoms with Gasteiger partial charge in [0.05, 0.1) is 24.6 Å². The van der Waals surface area contributed by atoms with Gasteiger partial charge in [-0.25, -0.2) is 15.0 Å². The van der Waals surface area contributed by atoms with Gasteiger partial charge in [-0.2, -0.15) is 0 Å². The van der Waals surface area contributed by atoms with Gasteiger partial charge in [0, 0.05) is 13.0 Å². The van der Waals surface area contributed by atoms with Crippen LogP contribution in [-0.4, -0.2) is 27.9 Å². The van der Waals surface area contributed by atoms with E-state index < -0.39 is 0 Å². The molecule has 112 valence electrons. The summed E-state index contributed by atoms with van der Waals surface area (Å²) in [6.45, 7) is 5.98. The molecule has 0 radical (unpaired) electrons. The summed E-state index contributed by atoms with van der Waals surface area (Å²) in [5.74, 6) is 1.66. The molecule has 0 aliphatic rings. The Morgan fingerprint density at radius 2 is 2.10 bits per heavy atom. The van der Waals surface area contributed by atoms with E-state index in [9.17, 15) is 4.79 Å². The highest BCUT2D eigenvalue weighted by Gasteiger charge is 2.16. The van der Waals surface area contributed by atoms with Crippen molar-refractivity contribution in [2.75, 3.05) is 12.4 Å². The van der Waals surface area contributed by atoms with Gasteiger partial charge in [-0.1, -0.05) is 13.8 Å². The van der Waals surface area contributed by atoms with Crippen LogP contribution >= 0.6 is 0 Å². The number of amides is 1. The minimum absolute atomic E-state index is 0.150. The van der Waals surface area contributed by atoms with Gasteiger partial charge in [0.2, 0.25) is 5.89 Å². The third kappa shape index (κ3) is 3.56. The Kier molecular flexibility index (Phi) is 4.52. The van der Waals surface area contributed by atoms with Crippen molar-refractivity contribution >= 4 is 11.6 Å². The molecule has 0 fully saturated rings. The molecule has 0 aliphatic carbocycles. The van der Waals surface area contributed by atoms with Crippen molar-refractivity contribution in [1.82, 2.24) is 20.3 Å². The molecule has 0 bridgehead atoms. The van der Waals surface area contributed by atoms with Crippen LogP contribution in [0.4, 0.5) is 5.69 Å². The van der Waals surface area contributed by atoms with Crippen LogP contribution < -0.4 is 10.6 Å². The van der Waals surface area contributed by atoms with Crippen molar-refractivity contribution in [3.63, 3.8) is 0 Å². The van der Waals surface area contributed by atoms with Gasteiger partial charge in [0.25, 0.3) is 5.91 Å². The molecule has 0 spiro atoms. The fraction of sp³-hybridized carbons (Fsp3) is 0.429. The van der Waals surface area contributed by atoms with Crippen molar-refractivity contribution in [2.45, 2.75) is 33.2 Å². The monoisotopic (exact) mass is 289 g/mol. The summed E-state index contributed by atoms with van der Waals surface area (Å²) < 4.78 is 5.31. The van der Waals surface area contributed by atoms with Gasteiger partial charge in [-0.15, -0.1) is 0 Å². The number of oxazole rings is 1. The molecule has 2 aromatic heterocycles. The summed E-state index contributed by atoms with van der Waals surface area (Å²) in [5.41, 5.74) is 0.903. The fourth-order valence-electron chi connectivity index (χ4n) is 1.75. The smallest absolute Gasteiger partial charge is 0.272 e. The molecule has 2 heterocycles. The zero-order valence-electron chi connectivity index (χ0n) is 12.6. The standard InChI is InChI=1S/C14H19N5O2/c1-8(2)13-17-6-10(15-4)12(19-13)14(20)18-7-11-16-5-9(3)21-11/h5-6,8,15H,7H2,1-4H3,(H,18,20). The average Bonchev–Trinajstić information content (AvgIpc) is 2.89. The molecule has 1 amide bonds. The second-order valence-corrected chi connectivity index (χ2v) is 4.94. The van der Waals surface area contributed by atoms with Gasteiger partial charge >= 0.3 is 0 Å². The lowest BCUT2D eigenvalue weighted by molar-refractivity contribution is 0.0942. The van der Waals surface area contributed by atoms with E-state index in [1.54, 1.807) is 26.4 Å². The number of anilines is 1. The highest BCUT2D eigenvalue weighted by molar-refractivity contribution is 5.97. The van der Waals surface area contributed by atoms with Crippen molar-refractivity contribution in [3.05, 3.63) is 35.6 Å². The Hall–Kier alpha value is -2.44. The number of nitrogens with one attached hydrogen (secondary N) is 2. The molecule has 2 rings (SSSR count). The quantitative estimate of drug-likeness (QED) is 0.872. The molecular weight excluding hydrogens is 270 g/mol. The Morgan fingerprint density at radius 3 is 2.67 bits per heavy atom. The number of nitrogens with zero attached hydrogens (tertiary/aromatic N) is 3.